The Morgan fingerprint density at radius 3 is 2.44 bits per heavy atom. The van der Waals surface area contributed by atoms with Crippen molar-refractivity contribution in [2.24, 2.45) is 0 Å². The molecule has 0 spiro atoms. The van der Waals surface area contributed by atoms with Gasteiger partial charge in [0.2, 0.25) is 0 Å². The molecule has 1 heterocycles. The van der Waals surface area contributed by atoms with Gasteiger partial charge in [0.15, 0.2) is 5.60 Å². The van der Waals surface area contributed by atoms with Gasteiger partial charge in [0.1, 0.15) is 0 Å². The van der Waals surface area contributed by atoms with E-state index in [1.807, 2.05) is 11.9 Å². The number of hydrogen-bond acceptors (Lipinski definition) is 4. The summed E-state index contributed by atoms with van der Waals surface area (Å²) in [5.41, 5.74) is 0.285. The summed E-state index contributed by atoms with van der Waals surface area (Å²) in [7, 11) is 1.89. The predicted octanol–water partition coefficient (Wildman–Crippen LogP) is 2.76. The molecule has 0 aromatic heterocycles. The molecule has 27 heavy (non-hydrogen) atoms. The third-order valence-corrected chi connectivity index (χ3v) is 5.36. The van der Waals surface area contributed by atoms with Crippen LogP contribution < -0.4 is 0 Å². The lowest BCUT2D eigenvalue weighted by Gasteiger charge is -2.40. The van der Waals surface area contributed by atoms with Gasteiger partial charge < -0.3 is 20.0 Å². The lowest BCUT2D eigenvalue weighted by atomic mass is 9.90. The van der Waals surface area contributed by atoms with Gasteiger partial charge in [-0.25, -0.2) is 0 Å². The summed E-state index contributed by atoms with van der Waals surface area (Å²) in [6.45, 7) is 10.0. The van der Waals surface area contributed by atoms with E-state index in [2.05, 4.69) is 38.1 Å². The van der Waals surface area contributed by atoms with Gasteiger partial charge in [-0.15, -0.1) is 0 Å². The first kappa shape index (κ1) is 21.9. The van der Waals surface area contributed by atoms with Crippen LogP contribution in [0, 0.1) is 0 Å². The second-order valence-corrected chi connectivity index (χ2v) is 9.06. The Morgan fingerprint density at radius 1 is 1.26 bits per heavy atom. The first-order valence-corrected chi connectivity index (χ1v) is 10.0. The summed E-state index contributed by atoms with van der Waals surface area (Å²) in [5.74, 6) is 0.303. The Balaban J connectivity index is 1.99. The summed E-state index contributed by atoms with van der Waals surface area (Å²) in [4.78, 5) is 16.7. The largest absolute Gasteiger partial charge is 0.390 e. The van der Waals surface area contributed by atoms with Crippen molar-refractivity contribution in [3.63, 3.8) is 0 Å². The quantitative estimate of drug-likeness (QED) is 0.732. The molecule has 1 aliphatic heterocycles. The highest BCUT2D eigenvalue weighted by Crippen LogP contribution is 2.26. The van der Waals surface area contributed by atoms with Crippen LogP contribution in [0.3, 0.4) is 0 Å². The molecule has 0 radical (unpaired) electrons. The molecule has 1 fully saturated rings. The molecule has 1 aromatic rings. The fraction of sp³-hybridized carbons (Fsp3) is 0.682. The molecule has 0 saturated carbocycles. The highest BCUT2D eigenvalue weighted by molar-refractivity contribution is 5.86. The van der Waals surface area contributed by atoms with Crippen LogP contribution in [0.5, 0.6) is 0 Å². The normalized spacial score (nSPS) is 21.4. The zero-order valence-electron chi connectivity index (χ0n) is 17.5. The van der Waals surface area contributed by atoms with E-state index in [1.165, 1.54) is 5.56 Å². The van der Waals surface area contributed by atoms with Crippen LogP contribution in [0.15, 0.2) is 24.3 Å². The van der Waals surface area contributed by atoms with Gasteiger partial charge in [-0.1, -0.05) is 38.1 Å². The molecule has 0 unspecified atom stereocenters. The zero-order chi connectivity index (χ0) is 20.2. The van der Waals surface area contributed by atoms with E-state index in [9.17, 15) is 15.0 Å². The lowest BCUT2D eigenvalue weighted by molar-refractivity contribution is -0.160. The molecule has 2 rings (SSSR count). The van der Waals surface area contributed by atoms with Gasteiger partial charge in [0, 0.05) is 26.2 Å². The number of rotatable bonds is 8. The number of likely N-dealkylation sites (N-methyl/N-ethyl adjacent to an activating group) is 1. The molecule has 1 aliphatic rings. The van der Waals surface area contributed by atoms with Crippen LogP contribution in [0.4, 0.5) is 0 Å². The number of carbonyl (C=O) groups excluding carboxylic acids is 1. The van der Waals surface area contributed by atoms with Gasteiger partial charge in [0.05, 0.1) is 5.60 Å². The molecular formula is C22H36N2O3. The van der Waals surface area contributed by atoms with Crippen LogP contribution in [0.25, 0.3) is 0 Å². The smallest absolute Gasteiger partial charge is 0.256 e. The summed E-state index contributed by atoms with van der Waals surface area (Å²) in [6.07, 6.45) is 1.88. The van der Waals surface area contributed by atoms with Crippen LogP contribution in [-0.4, -0.2) is 63.8 Å². The predicted molar refractivity (Wildman–Crippen MR) is 109 cm³/mol. The molecule has 0 bridgehead atoms. The maximum Gasteiger partial charge on any atom is 0.256 e. The average Bonchev–Trinajstić information content (AvgIpc) is 2.57. The van der Waals surface area contributed by atoms with E-state index in [0.717, 1.165) is 12.0 Å². The molecule has 2 N–H and O–H groups in total. The Bertz CT molecular complexity index is 621. The van der Waals surface area contributed by atoms with E-state index in [1.54, 1.807) is 18.7 Å². The van der Waals surface area contributed by atoms with Crippen molar-refractivity contribution < 1.29 is 15.0 Å². The molecule has 1 amide bonds. The monoisotopic (exact) mass is 376 g/mol. The third-order valence-electron chi connectivity index (χ3n) is 5.36. The highest BCUT2D eigenvalue weighted by Gasteiger charge is 2.42. The maximum absolute atomic E-state index is 13.0. The summed E-state index contributed by atoms with van der Waals surface area (Å²) >= 11 is 0. The minimum atomic E-state index is -1.34. The van der Waals surface area contributed by atoms with Gasteiger partial charge >= 0.3 is 0 Å². The molecule has 1 saturated heterocycles. The van der Waals surface area contributed by atoms with Crippen molar-refractivity contribution in [1.29, 1.82) is 0 Å². The van der Waals surface area contributed by atoms with Crippen LogP contribution >= 0.6 is 0 Å². The van der Waals surface area contributed by atoms with Crippen LogP contribution in [-0.2, 0) is 11.3 Å². The van der Waals surface area contributed by atoms with E-state index >= 15 is 0 Å². The molecule has 5 nitrogen and oxygen atoms in total. The molecule has 5 heteroatoms. The Hall–Kier alpha value is -1.43. The molecule has 0 aliphatic carbocycles. The molecular weight excluding hydrogens is 340 g/mol. The number of aliphatic hydroxyl groups is 2. The van der Waals surface area contributed by atoms with Crippen molar-refractivity contribution in [1.82, 2.24) is 9.80 Å². The van der Waals surface area contributed by atoms with Gasteiger partial charge in [-0.05, 0) is 57.2 Å². The number of hydrogen-bond donors (Lipinski definition) is 2. The van der Waals surface area contributed by atoms with Crippen molar-refractivity contribution in [3.05, 3.63) is 35.4 Å². The average molecular weight is 377 g/mol. The Morgan fingerprint density at radius 2 is 1.89 bits per heavy atom. The summed E-state index contributed by atoms with van der Waals surface area (Å²) in [5, 5.41) is 20.9. The maximum atomic E-state index is 13.0. The van der Waals surface area contributed by atoms with E-state index in [0.29, 0.717) is 44.9 Å². The Labute approximate surface area is 164 Å². The van der Waals surface area contributed by atoms with E-state index in [4.69, 9.17) is 0 Å². The minimum absolute atomic E-state index is 0.184. The minimum Gasteiger partial charge on any atom is -0.390 e. The topological polar surface area (TPSA) is 64.0 Å². The molecule has 152 valence electrons. The standard InChI is InChI=1S/C22H36N2O3/c1-17(2)19-9-7-18(8-10-19)15-24-13-6-11-22(27,20(24)25)16-23(5)14-12-21(3,4)26/h7-10,17,26-27H,6,11-16H2,1-5H3/t22-/m0/s1. The van der Waals surface area contributed by atoms with E-state index in [-0.39, 0.29) is 5.91 Å². The second-order valence-electron chi connectivity index (χ2n) is 9.06. The fourth-order valence-corrected chi connectivity index (χ4v) is 3.58. The summed E-state index contributed by atoms with van der Waals surface area (Å²) < 4.78 is 0. The van der Waals surface area contributed by atoms with Crippen molar-refractivity contribution >= 4 is 5.91 Å². The van der Waals surface area contributed by atoms with Crippen molar-refractivity contribution in [3.8, 4) is 0 Å². The van der Waals surface area contributed by atoms with Crippen molar-refractivity contribution in [2.45, 2.75) is 70.6 Å². The number of piperidine rings is 1. The highest BCUT2D eigenvalue weighted by atomic mass is 16.3. The SMILES string of the molecule is CC(C)c1ccc(CN2CCC[C@](O)(CN(C)CCC(C)(C)O)C2=O)cc1. The number of likely N-dealkylation sites (tertiary alicyclic amines) is 1. The molecule has 1 atom stereocenters. The first-order valence-electron chi connectivity index (χ1n) is 10.0. The number of carbonyl (C=O) groups is 1. The number of nitrogens with zero attached hydrogens (tertiary/aromatic N) is 2. The zero-order valence-corrected chi connectivity index (χ0v) is 17.5. The first-order chi connectivity index (χ1) is 12.5. The summed E-state index contributed by atoms with van der Waals surface area (Å²) in [6, 6.07) is 8.38. The van der Waals surface area contributed by atoms with Gasteiger partial charge in [0.25, 0.3) is 5.91 Å². The fourth-order valence-electron chi connectivity index (χ4n) is 3.58. The lowest BCUT2D eigenvalue weighted by Crippen LogP contribution is -2.58. The van der Waals surface area contributed by atoms with Gasteiger partial charge in [-0.2, -0.15) is 0 Å². The number of amides is 1. The second kappa shape index (κ2) is 8.72. The Kier molecular flexibility index (Phi) is 7.06. The number of benzene rings is 1. The van der Waals surface area contributed by atoms with Gasteiger partial charge in [-0.3, -0.25) is 4.79 Å². The third kappa shape index (κ3) is 6.30. The van der Waals surface area contributed by atoms with E-state index < -0.39 is 11.2 Å². The molecule has 1 aromatic carbocycles. The van der Waals surface area contributed by atoms with Crippen LogP contribution in [0.2, 0.25) is 0 Å². The van der Waals surface area contributed by atoms with Crippen molar-refractivity contribution in [2.75, 3.05) is 26.7 Å². The van der Waals surface area contributed by atoms with Crippen LogP contribution in [0.1, 0.15) is 64.0 Å².